The number of nitrogens with one attached hydrogen (secondary N) is 3. The van der Waals surface area contributed by atoms with E-state index in [-0.39, 0.29) is 42.3 Å². The van der Waals surface area contributed by atoms with Crippen molar-refractivity contribution in [3.8, 4) is 0 Å². The van der Waals surface area contributed by atoms with Crippen LogP contribution >= 0.6 is 24.0 Å². The Labute approximate surface area is 177 Å². The Hall–Kier alpha value is -1.88. The number of hydrogen-bond donors (Lipinski definition) is 3. The molecule has 0 atom stereocenters. The van der Waals surface area contributed by atoms with Crippen molar-refractivity contribution in [3.63, 3.8) is 0 Å². The Bertz CT molecular complexity index is 636. The summed E-state index contributed by atoms with van der Waals surface area (Å²) in [5.74, 6) is 0.491. The van der Waals surface area contributed by atoms with Crippen molar-refractivity contribution < 1.29 is 14.3 Å². The van der Waals surface area contributed by atoms with Gasteiger partial charge in [-0.1, -0.05) is 12.1 Å². The number of piperazine rings is 1. The van der Waals surface area contributed by atoms with E-state index in [0.717, 1.165) is 24.5 Å². The van der Waals surface area contributed by atoms with E-state index in [1.807, 2.05) is 12.1 Å². The van der Waals surface area contributed by atoms with Crippen LogP contribution in [0, 0.1) is 0 Å². The molecule has 150 valence electrons. The Kier molecular flexibility index (Phi) is 10.7. The van der Waals surface area contributed by atoms with E-state index in [4.69, 9.17) is 4.74 Å². The highest BCUT2D eigenvalue weighted by molar-refractivity contribution is 14.0. The number of carbonyl (C=O) groups is 2. The Morgan fingerprint density at radius 3 is 2.67 bits per heavy atom. The van der Waals surface area contributed by atoms with Gasteiger partial charge in [0.1, 0.15) is 0 Å². The highest BCUT2D eigenvalue weighted by Gasteiger charge is 2.21. The minimum atomic E-state index is -0.116. The first kappa shape index (κ1) is 23.2. The van der Waals surface area contributed by atoms with E-state index in [1.165, 1.54) is 0 Å². The highest BCUT2D eigenvalue weighted by atomic mass is 127. The van der Waals surface area contributed by atoms with Crippen LogP contribution in [0.3, 0.4) is 0 Å². The molecule has 0 unspecified atom stereocenters. The average molecular weight is 489 g/mol. The number of guanidine groups is 1. The van der Waals surface area contributed by atoms with Crippen LogP contribution in [0.1, 0.15) is 22.3 Å². The van der Waals surface area contributed by atoms with Gasteiger partial charge in [0, 0.05) is 52.5 Å². The van der Waals surface area contributed by atoms with Gasteiger partial charge in [-0.2, -0.15) is 0 Å². The van der Waals surface area contributed by atoms with Gasteiger partial charge in [0.05, 0.1) is 6.54 Å². The molecule has 0 aromatic heterocycles. The molecular formula is C18H28IN5O3. The Balaban J connectivity index is 0.00000364. The molecule has 0 bridgehead atoms. The number of hydrogen-bond acceptors (Lipinski definition) is 4. The molecule has 0 spiro atoms. The lowest BCUT2D eigenvalue weighted by molar-refractivity contribution is -0.123. The molecule has 0 radical (unpaired) electrons. The van der Waals surface area contributed by atoms with Crippen molar-refractivity contribution in [1.82, 2.24) is 20.9 Å². The van der Waals surface area contributed by atoms with Crippen molar-refractivity contribution in [2.24, 2.45) is 4.99 Å². The smallest absolute Gasteiger partial charge is 0.254 e. The first-order valence-corrected chi connectivity index (χ1v) is 8.72. The monoisotopic (exact) mass is 489 g/mol. The minimum absolute atomic E-state index is 0. The van der Waals surface area contributed by atoms with Crippen LogP contribution in [0.15, 0.2) is 29.3 Å². The van der Waals surface area contributed by atoms with Crippen LogP contribution < -0.4 is 16.0 Å². The number of methoxy groups -OCH3 is 1. The summed E-state index contributed by atoms with van der Waals surface area (Å²) in [5.41, 5.74) is 1.63. The lowest BCUT2D eigenvalue weighted by Gasteiger charge is -2.26. The van der Waals surface area contributed by atoms with Crippen molar-refractivity contribution in [3.05, 3.63) is 35.4 Å². The number of benzene rings is 1. The maximum atomic E-state index is 12.4. The number of aliphatic imine (C=N–C) groups is 1. The third-order valence-electron chi connectivity index (χ3n) is 4.03. The molecule has 3 N–H and O–H groups in total. The molecule has 8 nitrogen and oxygen atoms in total. The largest absolute Gasteiger partial charge is 0.385 e. The number of amides is 2. The first-order valence-electron chi connectivity index (χ1n) is 8.72. The predicted octanol–water partition coefficient (Wildman–Crippen LogP) is 0.578. The molecule has 1 aromatic carbocycles. The van der Waals surface area contributed by atoms with Gasteiger partial charge in [-0.15, -0.1) is 24.0 Å². The molecule has 1 saturated heterocycles. The van der Waals surface area contributed by atoms with Gasteiger partial charge in [-0.25, -0.2) is 0 Å². The first-order chi connectivity index (χ1) is 12.6. The standard InChI is InChI=1S/C18H27N5O3.HI/c1-19-18(21-8-3-11-26-2)22-12-14-4-6-15(7-5-14)17(25)23-10-9-20-16(24)13-23;/h4-7H,3,8-13H2,1-2H3,(H,20,24)(H2,19,21,22);1H. The summed E-state index contributed by atoms with van der Waals surface area (Å²) in [6, 6.07) is 7.40. The zero-order valence-corrected chi connectivity index (χ0v) is 18.1. The molecule has 1 aliphatic heterocycles. The summed E-state index contributed by atoms with van der Waals surface area (Å²) in [4.78, 5) is 29.6. The lowest BCUT2D eigenvalue weighted by Crippen LogP contribution is -2.49. The van der Waals surface area contributed by atoms with Crippen LogP contribution in [0.2, 0.25) is 0 Å². The molecule has 0 aliphatic carbocycles. The maximum Gasteiger partial charge on any atom is 0.254 e. The second kappa shape index (κ2) is 12.5. The molecule has 2 rings (SSSR count). The predicted molar refractivity (Wildman–Crippen MR) is 115 cm³/mol. The van der Waals surface area contributed by atoms with Gasteiger partial charge in [0.2, 0.25) is 5.91 Å². The number of halogens is 1. The molecular weight excluding hydrogens is 461 g/mol. The number of rotatable bonds is 7. The molecule has 1 aromatic rings. The second-order valence-corrected chi connectivity index (χ2v) is 5.97. The fraction of sp³-hybridized carbons (Fsp3) is 0.500. The van der Waals surface area contributed by atoms with Crippen LogP contribution in [0.25, 0.3) is 0 Å². The maximum absolute atomic E-state index is 12.4. The van der Waals surface area contributed by atoms with Crippen LogP contribution in [-0.2, 0) is 16.1 Å². The van der Waals surface area contributed by atoms with E-state index in [2.05, 4.69) is 20.9 Å². The summed E-state index contributed by atoms with van der Waals surface area (Å²) in [6.07, 6.45) is 0.905. The topological polar surface area (TPSA) is 95.1 Å². The van der Waals surface area contributed by atoms with E-state index in [9.17, 15) is 9.59 Å². The van der Waals surface area contributed by atoms with E-state index < -0.39 is 0 Å². The van der Waals surface area contributed by atoms with Gasteiger partial charge in [-0.3, -0.25) is 14.6 Å². The van der Waals surface area contributed by atoms with E-state index in [1.54, 1.807) is 31.2 Å². The molecule has 1 heterocycles. The molecule has 27 heavy (non-hydrogen) atoms. The highest BCUT2D eigenvalue weighted by Crippen LogP contribution is 2.09. The summed E-state index contributed by atoms with van der Waals surface area (Å²) >= 11 is 0. The fourth-order valence-corrected chi connectivity index (χ4v) is 2.59. The van der Waals surface area contributed by atoms with Crippen molar-refractivity contribution in [2.45, 2.75) is 13.0 Å². The third kappa shape index (κ3) is 7.71. The van der Waals surface area contributed by atoms with Crippen LogP contribution in [0.5, 0.6) is 0 Å². The van der Waals surface area contributed by atoms with E-state index >= 15 is 0 Å². The number of nitrogens with zero attached hydrogens (tertiary/aromatic N) is 2. The average Bonchev–Trinajstić information content (AvgIpc) is 2.67. The van der Waals surface area contributed by atoms with Gasteiger partial charge in [0.15, 0.2) is 5.96 Å². The van der Waals surface area contributed by atoms with Crippen molar-refractivity contribution in [2.75, 3.05) is 46.9 Å². The van der Waals surface area contributed by atoms with Crippen LogP contribution in [-0.4, -0.2) is 69.6 Å². The molecule has 0 saturated carbocycles. The summed E-state index contributed by atoms with van der Waals surface area (Å²) < 4.78 is 5.01. The fourth-order valence-electron chi connectivity index (χ4n) is 2.59. The molecule has 1 aliphatic rings. The summed E-state index contributed by atoms with van der Waals surface area (Å²) in [6.45, 7) is 3.25. The second-order valence-electron chi connectivity index (χ2n) is 5.97. The lowest BCUT2D eigenvalue weighted by atomic mass is 10.1. The zero-order chi connectivity index (χ0) is 18.8. The number of carbonyl (C=O) groups excluding carboxylic acids is 2. The quantitative estimate of drug-likeness (QED) is 0.226. The zero-order valence-electron chi connectivity index (χ0n) is 15.8. The van der Waals surface area contributed by atoms with E-state index in [0.29, 0.717) is 31.8 Å². The molecule has 9 heteroatoms. The summed E-state index contributed by atoms with van der Waals surface area (Å²) in [7, 11) is 3.41. The third-order valence-corrected chi connectivity index (χ3v) is 4.03. The van der Waals surface area contributed by atoms with Gasteiger partial charge >= 0.3 is 0 Å². The van der Waals surface area contributed by atoms with Crippen LogP contribution in [0.4, 0.5) is 0 Å². The Morgan fingerprint density at radius 1 is 1.30 bits per heavy atom. The minimum Gasteiger partial charge on any atom is -0.385 e. The normalized spacial score (nSPS) is 14.2. The Morgan fingerprint density at radius 2 is 2.04 bits per heavy atom. The van der Waals surface area contributed by atoms with Gasteiger partial charge < -0.3 is 25.6 Å². The van der Waals surface area contributed by atoms with Gasteiger partial charge in [0.25, 0.3) is 5.91 Å². The van der Waals surface area contributed by atoms with Crippen molar-refractivity contribution in [1.29, 1.82) is 0 Å². The molecule has 1 fully saturated rings. The summed E-state index contributed by atoms with van der Waals surface area (Å²) in [5, 5.41) is 9.16. The number of ether oxygens (including phenoxy) is 1. The molecule has 2 amide bonds. The van der Waals surface area contributed by atoms with Crippen molar-refractivity contribution >= 4 is 41.8 Å². The SMILES string of the molecule is CN=C(NCCCOC)NCc1ccc(C(=O)N2CCNC(=O)C2)cc1.I. The van der Waals surface area contributed by atoms with Gasteiger partial charge in [-0.05, 0) is 24.1 Å².